The summed E-state index contributed by atoms with van der Waals surface area (Å²) in [6.45, 7) is 2.69. The third kappa shape index (κ3) is 2.03. The highest BCUT2D eigenvalue weighted by Crippen LogP contribution is 2.35. The van der Waals surface area contributed by atoms with Crippen LogP contribution in [0.4, 0.5) is 0 Å². The minimum atomic E-state index is 0.154. The van der Waals surface area contributed by atoms with Crippen LogP contribution in [-0.4, -0.2) is 38.5 Å². The second kappa shape index (κ2) is 3.95. The van der Waals surface area contributed by atoms with Gasteiger partial charge in [0.25, 0.3) is 0 Å². The van der Waals surface area contributed by atoms with Gasteiger partial charge in [-0.3, -0.25) is 0 Å². The van der Waals surface area contributed by atoms with Crippen LogP contribution >= 0.6 is 0 Å². The molecule has 1 spiro atoms. The quantitative estimate of drug-likeness (QED) is 0.694. The highest BCUT2D eigenvalue weighted by atomic mass is 16.5. The Balaban J connectivity index is 1.90. The number of morpholine rings is 1. The highest BCUT2D eigenvalue weighted by Gasteiger charge is 2.39. The average Bonchev–Trinajstić information content (AvgIpc) is 2.54. The van der Waals surface area contributed by atoms with E-state index < -0.39 is 0 Å². The third-order valence-corrected chi connectivity index (χ3v) is 3.10. The smallest absolute Gasteiger partial charge is 0.0940 e. The summed E-state index contributed by atoms with van der Waals surface area (Å²) in [5.74, 6) is 0. The zero-order valence-electron chi connectivity index (χ0n) is 8.34. The molecule has 0 bridgehead atoms. The molecule has 0 radical (unpaired) electrons. The van der Waals surface area contributed by atoms with Crippen LogP contribution in [0.1, 0.15) is 25.7 Å². The molecule has 1 atom stereocenters. The summed E-state index contributed by atoms with van der Waals surface area (Å²) < 4.78 is 11.2. The lowest BCUT2D eigenvalue weighted by Crippen LogP contribution is -2.53. The van der Waals surface area contributed by atoms with Crippen LogP contribution in [0.3, 0.4) is 0 Å². The Labute approximate surface area is 79.8 Å². The summed E-state index contributed by atoms with van der Waals surface area (Å²) in [4.78, 5) is 0. The van der Waals surface area contributed by atoms with Crippen molar-refractivity contribution in [2.24, 2.45) is 0 Å². The monoisotopic (exact) mass is 185 g/mol. The average molecular weight is 185 g/mol. The maximum absolute atomic E-state index is 6.09. The minimum Gasteiger partial charge on any atom is -0.382 e. The highest BCUT2D eigenvalue weighted by molar-refractivity contribution is 4.92. The first-order chi connectivity index (χ1) is 6.35. The molecule has 13 heavy (non-hydrogen) atoms. The number of hydrogen-bond donors (Lipinski definition) is 1. The van der Waals surface area contributed by atoms with Gasteiger partial charge in [0, 0.05) is 20.2 Å². The Morgan fingerprint density at radius 2 is 2.23 bits per heavy atom. The van der Waals surface area contributed by atoms with Crippen LogP contribution in [0.2, 0.25) is 0 Å². The standard InChI is InChI=1S/C10H19NO2/c1-12-7-9-6-11-8-10(13-9)4-2-3-5-10/h9,11H,2-8H2,1H3. The van der Waals surface area contributed by atoms with Gasteiger partial charge in [0.1, 0.15) is 0 Å². The van der Waals surface area contributed by atoms with Crippen molar-refractivity contribution in [3.05, 3.63) is 0 Å². The predicted molar refractivity (Wildman–Crippen MR) is 50.8 cm³/mol. The summed E-state index contributed by atoms with van der Waals surface area (Å²) in [6, 6.07) is 0. The zero-order chi connectivity index (χ0) is 9.15. The maximum atomic E-state index is 6.09. The Morgan fingerprint density at radius 3 is 2.92 bits per heavy atom. The first kappa shape index (κ1) is 9.44. The van der Waals surface area contributed by atoms with E-state index in [-0.39, 0.29) is 11.7 Å². The molecule has 2 fully saturated rings. The molecule has 1 unspecified atom stereocenters. The number of methoxy groups -OCH3 is 1. The fourth-order valence-electron chi connectivity index (χ4n) is 2.49. The summed E-state index contributed by atoms with van der Waals surface area (Å²) in [6.07, 6.45) is 5.35. The molecule has 1 saturated carbocycles. The SMILES string of the molecule is COCC1CNCC2(CCCC2)O1. The van der Waals surface area contributed by atoms with Crippen molar-refractivity contribution in [1.82, 2.24) is 5.32 Å². The van der Waals surface area contributed by atoms with Crippen molar-refractivity contribution in [1.29, 1.82) is 0 Å². The second-order valence-electron chi connectivity index (χ2n) is 4.22. The Hall–Kier alpha value is -0.120. The van der Waals surface area contributed by atoms with Gasteiger partial charge in [-0.15, -0.1) is 0 Å². The van der Waals surface area contributed by atoms with E-state index in [0.717, 1.165) is 19.7 Å². The Bertz CT molecular complexity index is 164. The lowest BCUT2D eigenvalue weighted by molar-refractivity contribution is -0.130. The summed E-state index contributed by atoms with van der Waals surface area (Å²) in [5.41, 5.74) is 0.154. The van der Waals surface area contributed by atoms with E-state index in [1.54, 1.807) is 7.11 Å². The molecule has 2 rings (SSSR count). The molecule has 3 heteroatoms. The third-order valence-electron chi connectivity index (χ3n) is 3.10. The van der Waals surface area contributed by atoms with E-state index in [2.05, 4.69) is 5.32 Å². The van der Waals surface area contributed by atoms with Crippen molar-refractivity contribution in [2.45, 2.75) is 37.4 Å². The van der Waals surface area contributed by atoms with Gasteiger partial charge in [0.15, 0.2) is 0 Å². The molecule has 0 aromatic carbocycles. The summed E-state index contributed by atoms with van der Waals surface area (Å²) >= 11 is 0. The van der Waals surface area contributed by atoms with Gasteiger partial charge >= 0.3 is 0 Å². The molecule has 2 aliphatic rings. The van der Waals surface area contributed by atoms with Crippen LogP contribution in [-0.2, 0) is 9.47 Å². The fourth-order valence-corrected chi connectivity index (χ4v) is 2.49. The first-order valence-electron chi connectivity index (χ1n) is 5.22. The largest absolute Gasteiger partial charge is 0.382 e. The number of hydrogen-bond acceptors (Lipinski definition) is 3. The normalized spacial score (nSPS) is 32.5. The summed E-state index contributed by atoms with van der Waals surface area (Å²) in [7, 11) is 1.74. The Kier molecular flexibility index (Phi) is 2.86. The number of ether oxygens (including phenoxy) is 2. The van der Waals surface area contributed by atoms with Gasteiger partial charge in [-0.1, -0.05) is 12.8 Å². The first-order valence-corrected chi connectivity index (χ1v) is 5.22. The molecule has 76 valence electrons. The van der Waals surface area contributed by atoms with Gasteiger partial charge in [-0.05, 0) is 12.8 Å². The van der Waals surface area contributed by atoms with E-state index in [4.69, 9.17) is 9.47 Å². The number of rotatable bonds is 2. The van der Waals surface area contributed by atoms with Crippen LogP contribution in [0.5, 0.6) is 0 Å². The molecular formula is C10H19NO2. The molecule has 1 heterocycles. The molecule has 3 nitrogen and oxygen atoms in total. The lowest BCUT2D eigenvalue weighted by atomic mass is 10.00. The second-order valence-corrected chi connectivity index (χ2v) is 4.22. The van der Waals surface area contributed by atoms with E-state index in [1.165, 1.54) is 25.7 Å². The topological polar surface area (TPSA) is 30.5 Å². The Morgan fingerprint density at radius 1 is 1.46 bits per heavy atom. The zero-order valence-corrected chi connectivity index (χ0v) is 8.34. The van der Waals surface area contributed by atoms with E-state index >= 15 is 0 Å². The van der Waals surface area contributed by atoms with Gasteiger partial charge in [0.2, 0.25) is 0 Å². The van der Waals surface area contributed by atoms with Gasteiger partial charge in [-0.2, -0.15) is 0 Å². The molecule has 0 aromatic rings. The molecule has 0 amide bonds. The van der Waals surface area contributed by atoms with Crippen molar-refractivity contribution in [2.75, 3.05) is 26.8 Å². The van der Waals surface area contributed by atoms with Crippen LogP contribution in [0, 0.1) is 0 Å². The van der Waals surface area contributed by atoms with Crippen molar-refractivity contribution in [3.63, 3.8) is 0 Å². The maximum Gasteiger partial charge on any atom is 0.0940 e. The van der Waals surface area contributed by atoms with Gasteiger partial charge in [0.05, 0.1) is 18.3 Å². The van der Waals surface area contributed by atoms with Crippen LogP contribution < -0.4 is 5.32 Å². The molecule has 1 N–H and O–H groups in total. The van der Waals surface area contributed by atoms with Crippen molar-refractivity contribution < 1.29 is 9.47 Å². The molecule has 1 aliphatic heterocycles. The lowest BCUT2D eigenvalue weighted by Gasteiger charge is -2.39. The van der Waals surface area contributed by atoms with E-state index in [1.807, 2.05) is 0 Å². The fraction of sp³-hybridized carbons (Fsp3) is 1.00. The molecule has 1 saturated heterocycles. The van der Waals surface area contributed by atoms with Crippen molar-refractivity contribution in [3.8, 4) is 0 Å². The minimum absolute atomic E-state index is 0.154. The molecular weight excluding hydrogens is 166 g/mol. The molecule has 0 aromatic heterocycles. The van der Waals surface area contributed by atoms with E-state index in [0.29, 0.717) is 0 Å². The predicted octanol–water partition coefficient (Wildman–Crippen LogP) is 0.934. The van der Waals surface area contributed by atoms with Crippen LogP contribution in [0.25, 0.3) is 0 Å². The summed E-state index contributed by atoms with van der Waals surface area (Å²) in [5, 5.41) is 3.45. The number of nitrogens with one attached hydrogen (secondary N) is 1. The molecule has 1 aliphatic carbocycles. The van der Waals surface area contributed by atoms with Crippen molar-refractivity contribution >= 4 is 0 Å². The van der Waals surface area contributed by atoms with Crippen LogP contribution in [0.15, 0.2) is 0 Å². The van der Waals surface area contributed by atoms with E-state index in [9.17, 15) is 0 Å². The van der Waals surface area contributed by atoms with Gasteiger partial charge < -0.3 is 14.8 Å². The van der Waals surface area contributed by atoms with Gasteiger partial charge in [-0.25, -0.2) is 0 Å².